The Labute approximate surface area is 68.6 Å². The minimum Gasteiger partial charge on any atom is -0.396 e. The van der Waals surface area contributed by atoms with Crippen LogP contribution >= 0.6 is 0 Å². The third-order valence-corrected chi connectivity index (χ3v) is 2.75. The largest absolute Gasteiger partial charge is 0.396 e. The van der Waals surface area contributed by atoms with Crippen LogP contribution in [0.15, 0.2) is 12.7 Å². The summed E-state index contributed by atoms with van der Waals surface area (Å²) in [4.78, 5) is 0. The van der Waals surface area contributed by atoms with Gasteiger partial charge in [-0.1, -0.05) is 19.9 Å². The van der Waals surface area contributed by atoms with Gasteiger partial charge in [0.15, 0.2) is 0 Å². The predicted molar refractivity (Wildman–Crippen MR) is 46.3 cm³/mol. The summed E-state index contributed by atoms with van der Waals surface area (Å²) in [6.45, 7) is 8.96. The number of hydrogen-bond acceptors (Lipinski definition) is 2. The van der Waals surface area contributed by atoms with Crippen LogP contribution in [0.5, 0.6) is 0 Å². The molecule has 0 aliphatic carbocycles. The summed E-state index contributed by atoms with van der Waals surface area (Å²) in [5.74, 6) is 0. The second kappa shape index (κ2) is 3.37. The molecule has 2 unspecified atom stereocenters. The molecule has 0 saturated heterocycles. The first-order valence-electron chi connectivity index (χ1n) is 3.90. The molecule has 0 aliphatic rings. The maximum atomic E-state index is 9.76. The molecule has 2 nitrogen and oxygen atoms in total. The normalized spacial score (nSPS) is 21.9. The van der Waals surface area contributed by atoms with Crippen molar-refractivity contribution in [1.29, 1.82) is 0 Å². The van der Waals surface area contributed by atoms with Crippen LogP contribution in [0.1, 0.15) is 27.2 Å². The Bertz CT molecular complexity index is 134. The monoisotopic (exact) mass is 158 g/mol. The van der Waals surface area contributed by atoms with E-state index in [1.165, 1.54) is 6.08 Å². The van der Waals surface area contributed by atoms with Gasteiger partial charge in [0, 0.05) is 5.41 Å². The van der Waals surface area contributed by atoms with E-state index in [-0.39, 0.29) is 6.61 Å². The standard InChI is InChI=1S/C9H18O2/c1-5-8(3,7-10)9(4,11)6-2/h6,10-11H,2,5,7H2,1,3-4H3. The lowest BCUT2D eigenvalue weighted by molar-refractivity contribution is -0.0535. The molecule has 0 aromatic rings. The fourth-order valence-electron chi connectivity index (χ4n) is 0.876. The number of aliphatic hydroxyl groups is 2. The fourth-order valence-corrected chi connectivity index (χ4v) is 0.876. The molecule has 0 heterocycles. The van der Waals surface area contributed by atoms with Crippen LogP contribution in [0.3, 0.4) is 0 Å². The summed E-state index contributed by atoms with van der Waals surface area (Å²) in [6.07, 6.45) is 2.20. The van der Waals surface area contributed by atoms with Crippen molar-refractivity contribution in [2.45, 2.75) is 32.8 Å². The molecule has 11 heavy (non-hydrogen) atoms. The topological polar surface area (TPSA) is 40.5 Å². The molecule has 0 rings (SSSR count). The molecule has 0 bridgehead atoms. The van der Waals surface area contributed by atoms with E-state index >= 15 is 0 Å². The van der Waals surface area contributed by atoms with Crippen molar-refractivity contribution in [3.05, 3.63) is 12.7 Å². The average Bonchev–Trinajstić information content (AvgIpc) is 2.02. The van der Waals surface area contributed by atoms with E-state index in [1.54, 1.807) is 6.92 Å². The van der Waals surface area contributed by atoms with Crippen molar-refractivity contribution < 1.29 is 10.2 Å². The smallest absolute Gasteiger partial charge is 0.0872 e. The Balaban J connectivity index is 4.60. The molecule has 0 amide bonds. The first-order chi connectivity index (χ1) is 4.93. The minimum atomic E-state index is -0.990. The zero-order valence-corrected chi connectivity index (χ0v) is 7.59. The molecule has 2 N–H and O–H groups in total. The molecule has 0 aromatic carbocycles. The first kappa shape index (κ1) is 10.7. The molecule has 66 valence electrons. The van der Waals surface area contributed by atoms with Gasteiger partial charge >= 0.3 is 0 Å². The molecule has 0 aromatic heterocycles. The Morgan fingerprint density at radius 1 is 1.45 bits per heavy atom. The molecule has 0 fully saturated rings. The lowest BCUT2D eigenvalue weighted by Crippen LogP contribution is -2.44. The summed E-state index contributed by atoms with van der Waals surface area (Å²) in [7, 11) is 0. The summed E-state index contributed by atoms with van der Waals surface area (Å²) < 4.78 is 0. The molecule has 0 aliphatic heterocycles. The van der Waals surface area contributed by atoms with E-state index in [4.69, 9.17) is 5.11 Å². The molecular formula is C9H18O2. The van der Waals surface area contributed by atoms with Gasteiger partial charge in [-0.15, -0.1) is 6.58 Å². The summed E-state index contributed by atoms with van der Waals surface area (Å²) in [5.41, 5.74) is -1.47. The van der Waals surface area contributed by atoms with Crippen LogP contribution < -0.4 is 0 Å². The Morgan fingerprint density at radius 2 is 1.91 bits per heavy atom. The lowest BCUT2D eigenvalue weighted by atomic mass is 9.73. The van der Waals surface area contributed by atoms with Gasteiger partial charge in [0.2, 0.25) is 0 Å². The second-order valence-corrected chi connectivity index (χ2v) is 3.42. The number of rotatable bonds is 4. The van der Waals surface area contributed by atoms with Crippen molar-refractivity contribution in [3.8, 4) is 0 Å². The van der Waals surface area contributed by atoms with Gasteiger partial charge < -0.3 is 10.2 Å². The van der Waals surface area contributed by atoms with Gasteiger partial charge in [-0.25, -0.2) is 0 Å². The third-order valence-electron chi connectivity index (χ3n) is 2.75. The molecule has 0 radical (unpaired) electrons. The minimum absolute atomic E-state index is 0.0253. The Kier molecular flexibility index (Phi) is 3.27. The number of aliphatic hydroxyl groups excluding tert-OH is 1. The lowest BCUT2D eigenvalue weighted by Gasteiger charge is -2.38. The van der Waals surface area contributed by atoms with E-state index in [2.05, 4.69) is 6.58 Å². The Morgan fingerprint density at radius 3 is 2.00 bits per heavy atom. The maximum absolute atomic E-state index is 9.76. The number of hydrogen-bond donors (Lipinski definition) is 2. The summed E-state index contributed by atoms with van der Waals surface area (Å²) in [5, 5.41) is 18.8. The Hall–Kier alpha value is -0.340. The van der Waals surface area contributed by atoms with Crippen LogP contribution in [0, 0.1) is 5.41 Å². The highest BCUT2D eigenvalue weighted by molar-refractivity contribution is 5.03. The second-order valence-electron chi connectivity index (χ2n) is 3.42. The van der Waals surface area contributed by atoms with Crippen LogP contribution in [0.2, 0.25) is 0 Å². The van der Waals surface area contributed by atoms with E-state index in [0.29, 0.717) is 0 Å². The van der Waals surface area contributed by atoms with Crippen LogP contribution in [0.25, 0.3) is 0 Å². The van der Waals surface area contributed by atoms with Crippen molar-refractivity contribution in [3.63, 3.8) is 0 Å². The zero-order chi connectivity index (χ0) is 9.12. The van der Waals surface area contributed by atoms with Gasteiger partial charge in [-0.05, 0) is 13.3 Å². The highest BCUT2D eigenvalue weighted by atomic mass is 16.3. The quantitative estimate of drug-likeness (QED) is 0.606. The summed E-state index contributed by atoms with van der Waals surface area (Å²) in [6, 6.07) is 0. The van der Waals surface area contributed by atoms with Crippen molar-refractivity contribution in [2.75, 3.05) is 6.61 Å². The van der Waals surface area contributed by atoms with Gasteiger partial charge in [-0.2, -0.15) is 0 Å². The van der Waals surface area contributed by atoms with Crippen molar-refractivity contribution in [2.24, 2.45) is 5.41 Å². The maximum Gasteiger partial charge on any atom is 0.0872 e. The molecule has 0 spiro atoms. The van der Waals surface area contributed by atoms with E-state index in [1.807, 2.05) is 13.8 Å². The summed E-state index contributed by atoms with van der Waals surface area (Å²) >= 11 is 0. The zero-order valence-electron chi connectivity index (χ0n) is 7.59. The molecule has 2 atom stereocenters. The van der Waals surface area contributed by atoms with Crippen molar-refractivity contribution >= 4 is 0 Å². The van der Waals surface area contributed by atoms with E-state index in [9.17, 15) is 5.11 Å². The molecule has 2 heteroatoms. The van der Waals surface area contributed by atoms with Gasteiger partial charge in [0.25, 0.3) is 0 Å². The highest BCUT2D eigenvalue weighted by Gasteiger charge is 2.38. The van der Waals surface area contributed by atoms with Gasteiger partial charge in [0.1, 0.15) is 0 Å². The molecule has 0 saturated carbocycles. The van der Waals surface area contributed by atoms with Crippen LogP contribution in [0.4, 0.5) is 0 Å². The fraction of sp³-hybridized carbons (Fsp3) is 0.778. The average molecular weight is 158 g/mol. The SMILES string of the molecule is C=CC(C)(O)C(C)(CC)CO. The predicted octanol–water partition coefficient (Wildman–Crippen LogP) is 1.33. The van der Waals surface area contributed by atoms with Crippen LogP contribution in [-0.4, -0.2) is 22.4 Å². The van der Waals surface area contributed by atoms with E-state index < -0.39 is 11.0 Å². The van der Waals surface area contributed by atoms with Crippen LogP contribution in [-0.2, 0) is 0 Å². The van der Waals surface area contributed by atoms with E-state index in [0.717, 1.165) is 6.42 Å². The van der Waals surface area contributed by atoms with Gasteiger partial charge in [-0.3, -0.25) is 0 Å². The van der Waals surface area contributed by atoms with Gasteiger partial charge in [0.05, 0.1) is 12.2 Å². The first-order valence-corrected chi connectivity index (χ1v) is 3.90. The third kappa shape index (κ3) is 1.82. The highest BCUT2D eigenvalue weighted by Crippen LogP contribution is 2.34. The van der Waals surface area contributed by atoms with Crippen molar-refractivity contribution in [1.82, 2.24) is 0 Å². The molecular weight excluding hydrogens is 140 g/mol.